The topological polar surface area (TPSA) is 98.0 Å². The summed E-state index contributed by atoms with van der Waals surface area (Å²) in [6.45, 7) is 2.79. The Hall–Kier alpha value is -2.78. The molecule has 0 bridgehead atoms. The lowest BCUT2D eigenvalue weighted by Crippen LogP contribution is -2.40. The van der Waals surface area contributed by atoms with E-state index >= 15 is 0 Å². The summed E-state index contributed by atoms with van der Waals surface area (Å²) in [5.74, 6) is 1.51. The predicted molar refractivity (Wildman–Crippen MR) is 131 cm³/mol. The summed E-state index contributed by atoms with van der Waals surface area (Å²) in [5, 5.41) is 1.73. The minimum absolute atomic E-state index is 0.225. The zero-order chi connectivity index (χ0) is 24.3. The molecule has 2 aromatic heterocycles. The molecule has 0 unspecified atom stereocenters. The first-order chi connectivity index (χ1) is 16.3. The van der Waals surface area contributed by atoms with E-state index in [1.165, 1.54) is 27.0 Å². The van der Waals surface area contributed by atoms with Gasteiger partial charge in [0.1, 0.15) is 4.21 Å². The summed E-state index contributed by atoms with van der Waals surface area (Å²) in [5.41, 5.74) is 1.19. The fourth-order valence-corrected chi connectivity index (χ4v) is 7.50. The first-order valence-corrected chi connectivity index (χ1v) is 13.8. The van der Waals surface area contributed by atoms with Gasteiger partial charge in [-0.1, -0.05) is 23.3 Å². The van der Waals surface area contributed by atoms with Crippen LogP contribution in [0.25, 0.3) is 10.2 Å². The van der Waals surface area contributed by atoms with Crippen molar-refractivity contribution in [1.29, 1.82) is 0 Å². The molecule has 0 saturated carbocycles. The molecular formula is C23H23N3O5S3. The van der Waals surface area contributed by atoms with E-state index in [2.05, 4.69) is 10.9 Å². The van der Waals surface area contributed by atoms with E-state index in [1.54, 1.807) is 47.2 Å². The Balaban J connectivity index is 1.56. The Bertz CT molecular complexity index is 1420. The Morgan fingerprint density at radius 2 is 2.03 bits per heavy atom. The molecule has 1 aliphatic rings. The van der Waals surface area contributed by atoms with Gasteiger partial charge in [0.25, 0.3) is 15.9 Å². The number of carbonyl (C=O) groups excluding carboxylic acids is 2. The van der Waals surface area contributed by atoms with Crippen molar-refractivity contribution in [2.75, 3.05) is 19.7 Å². The number of hydrogen-bond donors (Lipinski definition) is 0. The van der Waals surface area contributed by atoms with Crippen molar-refractivity contribution in [3.8, 4) is 12.3 Å². The van der Waals surface area contributed by atoms with Gasteiger partial charge in [0, 0.05) is 19.0 Å². The lowest BCUT2D eigenvalue weighted by atomic mass is 9.98. The summed E-state index contributed by atoms with van der Waals surface area (Å²) >= 11 is 2.46. The highest BCUT2D eigenvalue weighted by atomic mass is 32.2. The van der Waals surface area contributed by atoms with Crippen LogP contribution in [0.4, 0.5) is 0 Å². The monoisotopic (exact) mass is 517 g/mol. The summed E-state index contributed by atoms with van der Waals surface area (Å²) in [6, 6.07) is 8.44. The van der Waals surface area contributed by atoms with Crippen molar-refractivity contribution in [2.24, 2.45) is 10.9 Å². The number of ether oxygens (including phenoxy) is 1. The molecule has 1 amide bonds. The summed E-state index contributed by atoms with van der Waals surface area (Å²) < 4.78 is 34.8. The van der Waals surface area contributed by atoms with E-state index in [0.29, 0.717) is 27.4 Å². The Morgan fingerprint density at radius 1 is 1.26 bits per heavy atom. The number of fused-ring (bicyclic) bond motifs is 1. The van der Waals surface area contributed by atoms with Crippen LogP contribution < -0.4 is 4.80 Å². The van der Waals surface area contributed by atoms with Gasteiger partial charge in [-0.2, -0.15) is 9.30 Å². The van der Waals surface area contributed by atoms with Gasteiger partial charge in [-0.05, 0) is 49.4 Å². The van der Waals surface area contributed by atoms with E-state index in [9.17, 15) is 18.0 Å². The fourth-order valence-electron chi connectivity index (χ4n) is 3.81. The zero-order valence-electron chi connectivity index (χ0n) is 18.5. The first-order valence-electron chi connectivity index (χ1n) is 10.7. The number of benzene rings is 1. The largest absolute Gasteiger partial charge is 0.462 e. The lowest BCUT2D eigenvalue weighted by Gasteiger charge is -2.29. The van der Waals surface area contributed by atoms with Gasteiger partial charge in [-0.25, -0.2) is 13.2 Å². The molecule has 0 N–H and O–H groups in total. The molecule has 3 heterocycles. The van der Waals surface area contributed by atoms with Crippen molar-refractivity contribution >= 4 is 54.8 Å². The summed E-state index contributed by atoms with van der Waals surface area (Å²) in [7, 11) is -3.53. The van der Waals surface area contributed by atoms with E-state index < -0.39 is 16.0 Å². The first kappa shape index (κ1) is 24.3. The number of nitrogens with zero attached hydrogens (tertiary/aromatic N) is 3. The molecular weight excluding hydrogens is 494 g/mol. The minimum atomic E-state index is -3.53. The van der Waals surface area contributed by atoms with Gasteiger partial charge in [-0.15, -0.1) is 17.8 Å². The number of terminal acetylenes is 1. The van der Waals surface area contributed by atoms with Gasteiger partial charge in [-0.3, -0.25) is 4.79 Å². The van der Waals surface area contributed by atoms with Gasteiger partial charge in [0.2, 0.25) is 0 Å². The average molecular weight is 518 g/mol. The van der Waals surface area contributed by atoms with Gasteiger partial charge >= 0.3 is 5.97 Å². The maximum Gasteiger partial charge on any atom is 0.338 e. The van der Waals surface area contributed by atoms with Crippen molar-refractivity contribution in [3.63, 3.8) is 0 Å². The maximum absolute atomic E-state index is 13.0. The normalized spacial score (nSPS) is 15.9. The van der Waals surface area contributed by atoms with Crippen molar-refractivity contribution in [3.05, 3.63) is 46.1 Å². The van der Waals surface area contributed by atoms with Crippen LogP contribution in [0.1, 0.15) is 30.1 Å². The highest BCUT2D eigenvalue weighted by Gasteiger charge is 2.32. The number of thiazole rings is 1. The quantitative estimate of drug-likeness (QED) is 0.370. The molecule has 0 atom stereocenters. The third kappa shape index (κ3) is 4.86. The van der Waals surface area contributed by atoms with E-state index in [4.69, 9.17) is 11.2 Å². The number of sulfonamides is 1. The molecule has 0 aliphatic carbocycles. The van der Waals surface area contributed by atoms with Crippen molar-refractivity contribution < 1.29 is 22.7 Å². The van der Waals surface area contributed by atoms with Crippen LogP contribution >= 0.6 is 22.7 Å². The third-order valence-corrected chi connectivity index (χ3v) is 9.85. The molecule has 1 fully saturated rings. The maximum atomic E-state index is 13.0. The van der Waals surface area contributed by atoms with Crippen LogP contribution in [-0.4, -0.2) is 48.9 Å². The predicted octanol–water partition coefficient (Wildman–Crippen LogP) is 3.10. The van der Waals surface area contributed by atoms with Crippen LogP contribution in [0, 0.1) is 18.3 Å². The van der Waals surface area contributed by atoms with Gasteiger partial charge in [0.15, 0.2) is 4.80 Å². The second-order valence-corrected chi connectivity index (χ2v) is 11.8. The molecule has 0 spiro atoms. The summed E-state index contributed by atoms with van der Waals surface area (Å²) in [6.07, 6.45) is 6.34. The van der Waals surface area contributed by atoms with E-state index in [-0.39, 0.29) is 38.1 Å². The van der Waals surface area contributed by atoms with Crippen LogP contribution in [-0.2, 0) is 26.1 Å². The van der Waals surface area contributed by atoms with Crippen LogP contribution in [0.5, 0.6) is 0 Å². The van der Waals surface area contributed by atoms with Gasteiger partial charge in [0.05, 0.1) is 28.9 Å². The zero-order valence-corrected chi connectivity index (χ0v) is 20.9. The van der Waals surface area contributed by atoms with Gasteiger partial charge < -0.3 is 9.30 Å². The Labute approximate surface area is 205 Å². The summed E-state index contributed by atoms with van der Waals surface area (Å²) in [4.78, 5) is 29.9. The molecule has 1 aliphatic heterocycles. The lowest BCUT2D eigenvalue weighted by molar-refractivity contribution is -0.122. The number of piperidine rings is 1. The van der Waals surface area contributed by atoms with Crippen LogP contribution in [0.15, 0.2) is 44.9 Å². The number of carbonyl (C=O) groups is 2. The number of thiophene rings is 1. The number of amides is 1. The third-order valence-electron chi connectivity index (χ3n) is 5.54. The van der Waals surface area contributed by atoms with Crippen LogP contribution in [0.3, 0.4) is 0 Å². The van der Waals surface area contributed by atoms with Crippen molar-refractivity contribution in [2.45, 2.75) is 30.5 Å². The molecule has 0 radical (unpaired) electrons. The minimum Gasteiger partial charge on any atom is -0.462 e. The van der Waals surface area contributed by atoms with E-state index in [1.807, 2.05) is 0 Å². The highest BCUT2D eigenvalue weighted by Crippen LogP contribution is 2.27. The number of rotatable bonds is 6. The standard InChI is InChI=1S/C23H23N3O5S3/c1-3-11-26-18-8-7-17(22(28)31-4-2)15-19(18)33-23(26)24-21(27)16-9-12-25(13-10-16)34(29,30)20-6-5-14-32-20/h1,5-8,14-16H,4,9-13H2,2H3. The molecule has 8 nitrogen and oxygen atoms in total. The molecule has 1 aromatic carbocycles. The molecule has 11 heteroatoms. The number of esters is 1. The SMILES string of the molecule is C#CCn1c(=NC(=O)C2CCN(S(=O)(=O)c3cccs3)CC2)sc2cc(C(=O)OCC)ccc21. The second kappa shape index (κ2) is 10.2. The second-order valence-electron chi connectivity index (χ2n) is 7.64. The molecule has 3 aromatic rings. The number of aromatic nitrogens is 1. The van der Waals surface area contributed by atoms with E-state index in [0.717, 1.165) is 10.2 Å². The Morgan fingerprint density at radius 3 is 2.68 bits per heavy atom. The van der Waals surface area contributed by atoms with Crippen molar-refractivity contribution in [1.82, 2.24) is 8.87 Å². The molecule has 4 rings (SSSR count). The fraction of sp³-hybridized carbons (Fsp3) is 0.348. The molecule has 34 heavy (non-hydrogen) atoms. The Kier molecular flexibility index (Phi) is 7.33. The highest BCUT2D eigenvalue weighted by molar-refractivity contribution is 7.91. The number of hydrogen-bond acceptors (Lipinski definition) is 7. The van der Waals surface area contributed by atoms with Crippen LogP contribution in [0.2, 0.25) is 0 Å². The molecule has 1 saturated heterocycles. The smallest absolute Gasteiger partial charge is 0.338 e. The average Bonchev–Trinajstić information content (AvgIpc) is 3.49. The molecule has 178 valence electrons.